The van der Waals surface area contributed by atoms with Crippen molar-refractivity contribution in [2.75, 3.05) is 11.0 Å². The number of hydrogen-bond acceptors (Lipinski definition) is 4. The number of fused-ring (bicyclic) bond motifs is 1. The average Bonchev–Trinajstić information content (AvgIpc) is 3.14. The molecule has 1 aromatic heterocycles. The van der Waals surface area contributed by atoms with Gasteiger partial charge in [0.1, 0.15) is 5.82 Å². The Bertz CT molecular complexity index is 1400. The number of anilines is 1. The molecule has 31 heavy (non-hydrogen) atoms. The van der Waals surface area contributed by atoms with E-state index in [2.05, 4.69) is 14.7 Å². The van der Waals surface area contributed by atoms with E-state index in [9.17, 15) is 13.2 Å². The normalized spacial score (nSPS) is 11.8. The zero-order valence-corrected chi connectivity index (χ0v) is 17.9. The molecule has 0 aliphatic carbocycles. The largest absolute Gasteiger partial charge is 0.338 e. The van der Waals surface area contributed by atoms with Crippen molar-refractivity contribution in [3.63, 3.8) is 0 Å². The van der Waals surface area contributed by atoms with Crippen LogP contribution in [0.15, 0.2) is 66.7 Å². The highest BCUT2D eigenvalue weighted by molar-refractivity contribution is 7.92. The number of ketones is 1. The van der Waals surface area contributed by atoms with Gasteiger partial charge >= 0.3 is 0 Å². The molecule has 0 unspecified atom stereocenters. The summed E-state index contributed by atoms with van der Waals surface area (Å²) in [7, 11) is -3.29. The summed E-state index contributed by atoms with van der Waals surface area (Å²) in [6.07, 6.45) is 4.88. The number of rotatable bonds is 6. The molecule has 0 saturated carbocycles. The summed E-state index contributed by atoms with van der Waals surface area (Å²) < 4.78 is 25.0. The fourth-order valence-electron chi connectivity index (χ4n) is 3.37. The Balaban J connectivity index is 1.58. The molecule has 0 atom stereocenters. The summed E-state index contributed by atoms with van der Waals surface area (Å²) >= 11 is 0. The second kappa shape index (κ2) is 8.20. The number of aromatic nitrogens is 2. The third-order valence-electron chi connectivity index (χ3n) is 4.77. The lowest BCUT2D eigenvalue weighted by atomic mass is 9.97. The molecule has 0 saturated heterocycles. The van der Waals surface area contributed by atoms with Gasteiger partial charge in [-0.2, -0.15) is 0 Å². The molecular weight excluding hydrogens is 410 g/mol. The number of sulfonamides is 1. The molecule has 1 heterocycles. The number of carbonyl (C=O) groups is 1. The highest BCUT2D eigenvalue weighted by Gasteiger charge is 2.10. The van der Waals surface area contributed by atoms with Gasteiger partial charge in [-0.05, 0) is 54.0 Å². The van der Waals surface area contributed by atoms with Crippen LogP contribution in [0.25, 0.3) is 34.3 Å². The first-order valence-electron chi connectivity index (χ1n) is 9.64. The van der Waals surface area contributed by atoms with Crippen molar-refractivity contribution in [2.24, 2.45) is 0 Å². The molecule has 0 spiro atoms. The Labute approximate surface area is 180 Å². The number of nitrogens with zero attached hydrogens (tertiary/aromatic N) is 1. The summed E-state index contributed by atoms with van der Waals surface area (Å²) in [6.45, 7) is 1.57. The summed E-state index contributed by atoms with van der Waals surface area (Å²) in [5.41, 5.74) is 5.67. The summed E-state index contributed by atoms with van der Waals surface area (Å²) in [4.78, 5) is 19.8. The molecule has 156 valence electrons. The van der Waals surface area contributed by atoms with Crippen LogP contribution in [0.2, 0.25) is 0 Å². The van der Waals surface area contributed by atoms with E-state index >= 15 is 0 Å². The van der Waals surface area contributed by atoms with Gasteiger partial charge in [-0.3, -0.25) is 9.52 Å². The molecule has 4 rings (SSSR count). The van der Waals surface area contributed by atoms with Gasteiger partial charge in [0.2, 0.25) is 10.0 Å². The third kappa shape index (κ3) is 4.90. The molecule has 7 heteroatoms. The second-order valence-electron chi connectivity index (χ2n) is 7.29. The van der Waals surface area contributed by atoms with Gasteiger partial charge in [-0.25, -0.2) is 13.4 Å². The van der Waals surface area contributed by atoms with Crippen LogP contribution in [0.5, 0.6) is 0 Å². The SMILES string of the molecule is CC(=O)c1ccccc1-c1ccc2nc(C=Cc3ccc(NS(C)(=O)=O)cc3)[nH]c2c1. The van der Waals surface area contributed by atoms with E-state index in [1.165, 1.54) is 0 Å². The van der Waals surface area contributed by atoms with E-state index < -0.39 is 10.0 Å². The van der Waals surface area contributed by atoms with E-state index in [0.717, 1.165) is 34.0 Å². The van der Waals surface area contributed by atoms with Crippen molar-refractivity contribution >= 4 is 44.7 Å². The van der Waals surface area contributed by atoms with E-state index in [0.29, 0.717) is 17.1 Å². The molecule has 0 radical (unpaired) electrons. The molecule has 4 aromatic rings. The molecule has 0 aliphatic heterocycles. The highest BCUT2D eigenvalue weighted by atomic mass is 32.2. The fourth-order valence-corrected chi connectivity index (χ4v) is 3.93. The standard InChI is InChI=1S/C24H21N3O3S/c1-16(28)20-5-3-4-6-21(20)18-10-13-22-23(15-18)26-24(25-22)14-9-17-7-11-19(12-8-17)27-31(2,29)30/h3-15,27H,1-2H3,(H,25,26). The van der Waals surface area contributed by atoms with Crippen LogP contribution >= 0.6 is 0 Å². The van der Waals surface area contributed by atoms with E-state index in [1.54, 1.807) is 19.1 Å². The van der Waals surface area contributed by atoms with Crippen LogP contribution in [0, 0.1) is 0 Å². The fraction of sp³-hybridized carbons (Fsp3) is 0.0833. The van der Waals surface area contributed by atoms with Gasteiger partial charge in [-0.1, -0.05) is 48.5 Å². The maximum absolute atomic E-state index is 12.0. The minimum absolute atomic E-state index is 0.0293. The quantitative estimate of drug-likeness (QED) is 0.422. The van der Waals surface area contributed by atoms with E-state index in [4.69, 9.17) is 0 Å². The van der Waals surface area contributed by atoms with E-state index in [1.807, 2.05) is 66.7 Å². The molecular formula is C24H21N3O3S. The van der Waals surface area contributed by atoms with Crippen molar-refractivity contribution in [1.29, 1.82) is 0 Å². The highest BCUT2D eigenvalue weighted by Crippen LogP contribution is 2.27. The maximum Gasteiger partial charge on any atom is 0.229 e. The molecule has 6 nitrogen and oxygen atoms in total. The van der Waals surface area contributed by atoms with Crippen molar-refractivity contribution in [2.45, 2.75) is 6.92 Å². The summed E-state index contributed by atoms with van der Waals surface area (Å²) in [5.74, 6) is 0.729. The van der Waals surface area contributed by atoms with Crippen LogP contribution in [0.3, 0.4) is 0 Å². The number of carbonyl (C=O) groups excluding carboxylic acids is 1. The lowest BCUT2D eigenvalue weighted by Gasteiger charge is -2.06. The second-order valence-corrected chi connectivity index (χ2v) is 9.03. The molecule has 0 aliphatic rings. The van der Waals surface area contributed by atoms with Crippen LogP contribution in [-0.4, -0.2) is 30.4 Å². The predicted octanol–water partition coefficient (Wildman–Crippen LogP) is 4.97. The molecule has 0 amide bonds. The first-order valence-corrected chi connectivity index (χ1v) is 11.5. The Morgan fingerprint density at radius 3 is 2.45 bits per heavy atom. The van der Waals surface area contributed by atoms with Gasteiger partial charge in [0.25, 0.3) is 0 Å². The van der Waals surface area contributed by atoms with Crippen LogP contribution in [0.4, 0.5) is 5.69 Å². The minimum Gasteiger partial charge on any atom is -0.338 e. The predicted molar refractivity (Wildman–Crippen MR) is 125 cm³/mol. The minimum atomic E-state index is -3.29. The lowest BCUT2D eigenvalue weighted by Crippen LogP contribution is -2.09. The smallest absolute Gasteiger partial charge is 0.229 e. The molecule has 0 bridgehead atoms. The van der Waals surface area contributed by atoms with Gasteiger partial charge in [0.05, 0.1) is 17.3 Å². The van der Waals surface area contributed by atoms with Gasteiger partial charge in [0.15, 0.2) is 5.78 Å². The number of imidazole rings is 1. The third-order valence-corrected chi connectivity index (χ3v) is 5.37. The number of hydrogen-bond donors (Lipinski definition) is 2. The maximum atomic E-state index is 12.0. The Kier molecular flexibility index (Phi) is 5.44. The lowest BCUT2D eigenvalue weighted by molar-refractivity contribution is 0.101. The van der Waals surface area contributed by atoms with Crippen molar-refractivity contribution < 1.29 is 13.2 Å². The van der Waals surface area contributed by atoms with E-state index in [-0.39, 0.29) is 5.78 Å². The number of nitrogens with one attached hydrogen (secondary N) is 2. The first-order chi connectivity index (χ1) is 14.8. The Hall–Kier alpha value is -3.71. The van der Waals surface area contributed by atoms with Gasteiger partial charge < -0.3 is 4.98 Å². The number of aromatic amines is 1. The van der Waals surface area contributed by atoms with Crippen molar-refractivity contribution in [1.82, 2.24) is 9.97 Å². The summed E-state index contributed by atoms with van der Waals surface area (Å²) in [6, 6.07) is 20.5. The number of H-pyrrole nitrogens is 1. The number of benzene rings is 3. The molecule has 3 aromatic carbocycles. The van der Waals surface area contributed by atoms with Crippen LogP contribution in [-0.2, 0) is 10.0 Å². The average molecular weight is 432 g/mol. The van der Waals surface area contributed by atoms with Crippen molar-refractivity contribution in [3.05, 3.63) is 83.7 Å². The molecule has 0 fully saturated rings. The first kappa shape index (κ1) is 20.6. The monoisotopic (exact) mass is 431 g/mol. The van der Waals surface area contributed by atoms with Gasteiger partial charge in [-0.15, -0.1) is 0 Å². The Morgan fingerprint density at radius 2 is 1.74 bits per heavy atom. The van der Waals surface area contributed by atoms with Crippen LogP contribution < -0.4 is 4.72 Å². The zero-order chi connectivity index (χ0) is 22.0. The zero-order valence-electron chi connectivity index (χ0n) is 17.1. The summed E-state index contributed by atoms with van der Waals surface area (Å²) in [5, 5.41) is 0. The van der Waals surface area contributed by atoms with Gasteiger partial charge in [0, 0.05) is 11.3 Å². The van der Waals surface area contributed by atoms with Crippen molar-refractivity contribution in [3.8, 4) is 11.1 Å². The topological polar surface area (TPSA) is 91.9 Å². The molecule has 2 N–H and O–H groups in total. The van der Waals surface area contributed by atoms with Crippen LogP contribution in [0.1, 0.15) is 28.7 Å². The number of Topliss-reactive ketones (excluding diaryl/α,β-unsaturated/α-hetero) is 1. The Morgan fingerprint density at radius 1 is 1.00 bits per heavy atom.